The number of hydrogen-bond donors (Lipinski definition) is 2. The number of phosphoric ester groups is 1. The molecule has 0 fully saturated rings. The maximum atomic E-state index is 12.7. The average molecular weight is 1040 g/mol. The molecule has 73 heavy (non-hydrogen) atoms. The number of hydrogen-bond acceptors (Lipinski definition) is 8. The van der Waals surface area contributed by atoms with E-state index in [2.05, 4.69) is 135 Å². The van der Waals surface area contributed by atoms with Crippen molar-refractivity contribution in [2.24, 2.45) is 5.73 Å². The molecule has 0 aromatic carbocycles. The van der Waals surface area contributed by atoms with Gasteiger partial charge in [-0.1, -0.05) is 232 Å². The maximum absolute atomic E-state index is 12.7. The van der Waals surface area contributed by atoms with E-state index < -0.39 is 32.5 Å². The van der Waals surface area contributed by atoms with E-state index in [1.807, 2.05) is 0 Å². The van der Waals surface area contributed by atoms with Gasteiger partial charge in [-0.15, -0.1) is 0 Å². The number of ether oxygens (including phenoxy) is 2. The topological polar surface area (TPSA) is 134 Å². The van der Waals surface area contributed by atoms with E-state index in [1.54, 1.807) is 0 Å². The second-order valence-electron chi connectivity index (χ2n) is 18.8. The summed E-state index contributed by atoms with van der Waals surface area (Å²) in [4.78, 5) is 35.2. The van der Waals surface area contributed by atoms with Crippen LogP contribution in [0.1, 0.15) is 232 Å². The van der Waals surface area contributed by atoms with E-state index in [9.17, 15) is 19.0 Å². The van der Waals surface area contributed by atoms with E-state index in [4.69, 9.17) is 24.3 Å². The number of carbonyl (C=O) groups is 2. The van der Waals surface area contributed by atoms with Gasteiger partial charge in [0.25, 0.3) is 0 Å². The Kier molecular flexibility index (Phi) is 54.8. The Labute approximate surface area is 447 Å². The van der Waals surface area contributed by atoms with E-state index in [0.29, 0.717) is 12.8 Å². The number of phosphoric acid groups is 1. The molecular formula is C63H106NO8P. The summed E-state index contributed by atoms with van der Waals surface area (Å²) in [5.74, 6) is -0.855. The van der Waals surface area contributed by atoms with Gasteiger partial charge in [0.1, 0.15) is 6.61 Å². The van der Waals surface area contributed by atoms with Crippen LogP contribution in [0.25, 0.3) is 0 Å². The Hall–Kier alpha value is -3.59. The molecule has 0 aromatic heterocycles. The monoisotopic (exact) mass is 1040 g/mol. The summed E-state index contributed by atoms with van der Waals surface area (Å²) in [7, 11) is -4.40. The van der Waals surface area contributed by atoms with Gasteiger partial charge in [0.05, 0.1) is 13.2 Å². The number of carbonyl (C=O) groups excluding carboxylic acids is 2. The predicted molar refractivity (Wildman–Crippen MR) is 311 cm³/mol. The molecule has 0 aliphatic heterocycles. The highest BCUT2D eigenvalue weighted by Gasteiger charge is 2.26. The van der Waals surface area contributed by atoms with Crippen molar-refractivity contribution in [3.8, 4) is 0 Å². The van der Waals surface area contributed by atoms with Gasteiger partial charge in [0.15, 0.2) is 6.10 Å². The lowest BCUT2D eigenvalue weighted by atomic mass is 10.1. The fourth-order valence-electron chi connectivity index (χ4n) is 7.56. The van der Waals surface area contributed by atoms with Crippen LogP contribution in [0.15, 0.2) is 122 Å². The fraction of sp³-hybridized carbons (Fsp3) is 0.651. The smallest absolute Gasteiger partial charge is 0.462 e. The molecule has 0 bridgehead atoms. The molecule has 0 saturated heterocycles. The molecule has 416 valence electrons. The molecule has 0 radical (unpaired) electrons. The lowest BCUT2D eigenvalue weighted by molar-refractivity contribution is -0.161. The molecule has 0 aromatic rings. The summed E-state index contributed by atoms with van der Waals surface area (Å²) in [5, 5.41) is 0. The molecule has 0 spiro atoms. The Morgan fingerprint density at radius 1 is 0.425 bits per heavy atom. The van der Waals surface area contributed by atoms with Crippen LogP contribution < -0.4 is 5.73 Å². The molecule has 0 heterocycles. The molecule has 0 aliphatic rings. The van der Waals surface area contributed by atoms with E-state index in [1.165, 1.54) is 70.6 Å². The molecule has 0 rings (SSSR count). The van der Waals surface area contributed by atoms with Crippen LogP contribution in [-0.4, -0.2) is 49.3 Å². The zero-order valence-corrected chi connectivity index (χ0v) is 47.2. The second-order valence-corrected chi connectivity index (χ2v) is 20.2. The first-order chi connectivity index (χ1) is 35.8. The highest BCUT2D eigenvalue weighted by Crippen LogP contribution is 2.43. The Morgan fingerprint density at radius 3 is 1.12 bits per heavy atom. The third kappa shape index (κ3) is 57.5. The van der Waals surface area contributed by atoms with Crippen LogP contribution in [-0.2, 0) is 32.7 Å². The van der Waals surface area contributed by atoms with Crippen molar-refractivity contribution < 1.29 is 37.6 Å². The minimum atomic E-state index is -4.40. The highest BCUT2D eigenvalue weighted by atomic mass is 31.2. The van der Waals surface area contributed by atoms with Crippen molar-refractivity contribution in [2.75, 3.05) is 26.4 Å². The third-order valence-electron chi connectivity index (χ3n) is 11.8. The predicted octanol–water partition coefficient (Wildman–Crippen LogP) is 18.4. The van der Waals surface area contributed by atoms with Crippen LogP contribution in [0.4, 0.5) is 0 Å². The largest absolute Gasteiger partial charge is 0.472 e. The van der Waals surface area contributed by atoms with Crippen LogP contribution >= 0.6 is 7.82 Å². The molecule has 0 amide bonds. The summed E-state index contributed by atoms with van der Waals surface area (Å²) < 4.78 is 33.0. The number of allylic oxidation sites excluding steroid dienone is 20. The third-order valence-corrected chi connectivity index (χ3v) is 12.8. The molecule has 10 heteroatoms. The van der Waals surface area contributed by atoms with Gasteiger partial charge in [-0.3, -0.25) is 18.6 Å². The first kappa shape index (κ1) is 69.4. The summed E-state index contributed by atoms with van der Waals surface area (Å²) in [6.07, 6.45) is 79.6. The standard InChI is InChI=1S/C63H106NO8P/c1-3-5-7-9-11-13-15-17-19-21-23-25-26-27-28-29-30-31-32-33-34-36-38-40-42-44-46-48-50-52-54-56-63(66)72-61(60-71-73(67,68)70-58-57-64)59-69-62(65)55-53-51-49-47-45-43-41-39-37-35-24-22-20-18-16-14-12-10-8-6-4-2/h5,7,11,13,16-19,22-25,27-28,30-31,33-34,37,39,61H,3-4,6,8-10,12,14-15,20-21,26,29,32,35-36,38,40-60,64H2,1-2H3,(H,67,68)/b7-5-,13-11-,18-16-,19-17-,24-22-,25-23-,28-27-,31-30-,34-33-,39-37-. The van der Waals surface area contributed by atoms with Crippen LogP contribution in [0.3, 0.4) is 0 Å². The summed E-state index contributed by atoms with van der Waals surface area (Å²) >= 11 is 0. The van der Waals surface area contributed by atoms with Crippen molar-refractivity contribution in [1.82, 2.24) is 0 Å². The minimum absolute atomic E-state index is 0.0440. The molecule has 0 saturated carbocycles. The lowest BCUT2D eigenvalue weighted by Crippen LogP contribution is -2.29. The molecule has 9 nitrogen and oxygen atoms in total. The number of unbranched alkanes of at least 4 members (excludes halogenated alkanes) is 20. The number of esters is 2. The zero-order chi connectivity index (χ0) is 53.1. The van der Waals surface area contributed by atoms with Gasteiger partial charge in [0, 0.05) is 19.4 Å². The number of nitrogens with two attached hydrogens (primary N) is 1. The molecule has 3 N–H and O–H groups in total. The second kappa shape index (κ2) is 57.7. The first-order valence-electron chi connectivity index (χ1n) is 29.0. The van der Waals surface area contributed by atoms with Gasteiger partial charge in [-0.25, -0.2) is 4.57 Å². The maximum Gasteiger partial charge on any atom is 0.472 e. The van der Waals surface area contributed by atoms with Gasteiger partial charge in [-0.2, -0.15) is 0 Å². The van der Waals surface area contributed by atoms with E-state index in [-0.39, 0.29) is 32.6 Å². The first-order valence-corrected chi connectivity index (χ1v) is 30.5. The molecule has 2 atom stereocenters. The van der Waals surface area contributed by atoms with Crippen LogP contribution in [0.2, 0.25) is 0 Å². The normalized spacial score (nSPS) is 14.0. The van der Waals surface area contributed by atoms with Crippen LogP contribution in [0, 0.1) is 0 Å². The summed E-state index contributed by atoms with van der Waals surface area (Å²) in [6, 6.07) is 0. The van der Waals surface area contributed by atoms with E-state index in [0.717, 1.165) is 122 Å². The van der Waals surface area contributed by atoms with Gasteiger partial charge in [-0.05, 0) is 109 Å². The van der Waals surface area contributed by atoms with Crippen molar-refractivity contribution >= 4 is 19.8 Å². The Morgan fingerprint density at radius 2 is 0.753 bits per heavy atom. The van der Waals surface area contributed by atoms with Gasteiger partial charge in [0.2, 0.25) is 0 Å². The summed E-state index contributed by atoms with van der Waals surface area (Å²) in [6.45, 7) is 3.59. The van der Waals surface area contributed by atoms with Gasteiger partial charge >= 0.3 is 19.8 Å². The molecule has 2 unspecified atom stereocenters. The van der Waals surface area contributed by atoms with Crippen molar-refractivity contribution in [3.63, 3.8) is 0 Å². The summed E-state index contributed by atoms with van der Waals surface area (Å²) in [5.41, 5.74) is 5.38. The Bertz CT molecular complexity index is 1600. The minimum Gasteiger partial charge on any atom is -0.462 e. The highest BCUT2D eigenvalue weighted by molar-refractivity contribution is 7.47. The van der Waals surface area contributed by atoms with Crippen molar-refractivity contribution in [3.05, 3.63) is 122 Å². The fourth-order valence-corrected chi connectivity index (χ4v) is 8.33. The number of rotatable bonds is 53. The van der Waals surface area contributed by atoms with Crippen molar-refractivity contribution in [2.45, 2.75) is 238 Å². The quantitative estimate of drug-likeness (QED) is 0.0264. The SMILES string of the molecule is CC/C=C\C/C=C\C/C=C\C/C=C\C/C=C\C/C=C\C/C=C\CCCCCCCCCCCC(=O)OC(COC(=O)CCCCCCCC/C=C\C/C=C\C/C=C\CCCCCCC)COP(=O)(O)OCCN. The lowest BCUT2D eigenvalue weighted by Gasteiger charge is -2.19. The zero-order valence-electron chi connectivity index (χ0n) is 46.3. The molecular weight excluding hydrogens is 930 g/mol. The van der Waals surface area contributed by atoms with Crippen LogP contribution in [0.5, 0.6) is 0 Å². The molecule has 0 aliphatic carbocycles. The Balaban J connectivity index is 4.06. The average Bonchev–Trinajstić information content (AvgIpc) is 3.38. The van der Waals surface area contributed by atoms with E-state index >= 15 is 0 Å². The van der Waals surface area contributed by atoms with Crippen molar-refractivity contribution in [1.29, 1.82) is 0 Å². The van der Waals surface area contributed by atoms with Gasteiger partial charge < -0.3 is 20.1 Å².